The number of phenols is 1. The molecule has 0 spiro atoms. The monoisotopic (exact) mass is 330 g/mol. The van der Waals surface area contributed by atoms with Gasteiger partial charge in [-0.2, -0.15) is 15.0 Å². The van der Waals surface area contributed by atoms with Crippen LogP contribution in [0.4, 0.5) is 17.8 Å². The lowest BCUT2D eigenvalue weighted by Crippen LogP contribution is -2.25. The average Bonchev–Trinajstić information content (AvgIpc) is 2.58. The van der Waals surface area contributed by atoms with Gasteiger partial charge in [-0.3, -0.25) is 0 Å². The molecule has 7 heteroatoms. The summed E-state index contributed by atoms with van der Waals surface area (Å²) in [7, 11) is 0. The van der Waals surface area contributed by atoms with Crippen molar-refractivity contribution in [1.29, 1.82) is 0 Å². The molecular weight excluding hydrogens is 304 g/mol. The predicted octanol–water partition coefficient (Wildman–Crippen LogP) is 2.51. The van der Waals surface area contributed by atoms with Gasteiger partial charge < -0.3 is 20.6 Å². The Morgan fingerprint density at radius 2 is 1.54 bits per heavy atom. The summed E-state index contributed by atoms with van der Waals surface area (Å²) in [5.74, 6) is 2.12. The van der Waals surface area contributed by atoms with E-state index in [9.17, 15) is 5.11 Å². The van der Waals surface area contributed by atoms with Crippen LogP contribution in [0.1, 0.15) is 26.3 Å². The first kappa shape index (κ1) is 17.8. The van der Waals surface area contributed by atoms with Crippen molar-refractivity contribution >= 4 is 17.8 Å². The molecule has 2 rings (SSSR count). The van der Waals surface area contributed by atoms with Crippen LogP contribution in [0.2, 0.25) is 0 Å². The highest BCUT2D eigenvalue weighted by Crippen LogP contribution is 2.14. The lowest BCUT2D eigenvalue weighted by molar-refractivity contribution is 0.475. The van der Waals surface area contributed by atoms with Gasteiger partial charge in [-0.1, -0.05) is 12.1 Å². The quantitative estimate of drug-likeness (QED) is 0.651. The zero-order valence-corrected chi connectivity index (χ0v) is 14.6. The molecule has 24 heavy (non-hydrogen) atoms. The van der Waals surface area contributed by atoms with E-state index in [1.54, 1.807) is 12.1 Å². The summed E-state index contributed by atoms with van der Waals surface area (Å²) in [6.07, 6.45) is 0.823. The highest BCUT2D eigenvalue weighted by Gasteiger charge is 2.10. The molecule has 0 saturated carbocycles. The number of aromatic nitrogens is 3. The summed E-state index contributed by atoms with van der Waals surface area (Å²) in [6, 6.07) is 7.21. The van der Waals surface area contributed by atoms with Crippen molar-refractivity contribution in [2.45, 2.75) is 27.2 Å². The van der Waals surface area contributed by atoms with E-state index in [1.165, 1.54) is 0 Å². The maximum Gasteiger partial charge on any atom is 0.231 e. The van der Waals surface area contributed by atoms with Crippen molar-refractivity contribution in [3.05, 3.63) is 29.8 Å². The Hall–Kier alpha value is -2.57. The fourth-order valence-electron chi connectivity index (χ4n) is 2.31. The zero-order valence-electron chi connectivity index (χ0n) is 14.6. The Kier molecular flexibility index (Phi) is 6.60. The van der Waals surface area contributed by atoms with Crippen LogP contribution in [-0.4, -0.2) is 46.2 Å². The predicted molar refractivity (Wildman–Crippen MR) is 97.9 cm³/mol. The van der Waals surface area contributed by atoms with Crippen molar-refractivity contribution in [3.63, 3.8) is 0 Å². The molecule has 1 aromatic heterocycles. The first-order chi connectivity index (χ1) is 11.7. The molecule has 3 N–H and O–H groups in total. The Bertz CT molecular complexity index is 627. The van der Waals surface area contributed by atoms with E-state index >= 15 is 0 Å². The van der Waals surface area contributed by atoms with Gasteiger partial charge in [0.15, 0.2) is 0 Å². The Morgan fingerprint density at radius 1 is 0.917 bits per heavy atom. The Balaban J connectivity index is 2.05. The highest BCUT2D eigenvalue weighted by atomic mass is 16.3. The minimum atomic E-state index is 0.281. The number of anilines is 3. The van der Waals surface area contributed by atoms with Gasteiger partial charge >= 0.3 is 0 Å². The number of hydrogen-bond donors (Lipinski definition) is 3. The summed E-state index contributed by atoms with van der Waals surface area (Å²) in [4.78, 5) is 15.5. The standard InChI is InChI=1S/C17H26N6O/c1-4-18-15-20-16(22-17(21-15)23(5-2)6-3)19-12-11-13-7-9-14(24)10-8-13/h7-10,24H,4-6,11-12H2,1-3H3,(H2,18,19,20,21,22). The average molecular weight is 330 g/mol. The topological polar surface area (TPSA) is 86.2 Å². The van der Waals surface area contributed by atoms with Crippen LogP contribution in [0, 0.1) is 0 Å². The van der Waals surface area contributed by atoms with E-state index < -0.39 is 0 Å². The molecule has 0 saturated heterocycles. The van der Waals surface area contributed by atoms with Gasteiger partial charge in [-0.25, -0.2) is 0 Å². The van der Waals surface area contributed by atoms with E-state index in [2.05, 4.69) is 44.3 Å². The van der Waals surface area contributed by atoms with Crippen molar-refractivity contribution in [2.24, 2.45) is 0 Å². The summed E-state index contributed by atoms with van der Waals surface area (Å²) in [5, 5.41) is 15.7. The molecule has 0 unspecified atom stereocenters. The van der Waals surface area contributed by atoms with Crippen molar-refractivity contribution in [2.75, 3.05) is 41.7 Å². The third-order valence-electron chi connectivity index (χ3n) is 3.64. The molecule has 0 fully saturated rings. The minimum absolute atomic E-state index is 0.281. The maximum atomic E-state index is 9.32. The third-order valence-corrected chi connectivity index (χ3v) is 3.64. The highest BCUT2D eigenvalue weighted by molar-refractivity contribution is 5.43. The van der Waals surface area contributed by atoms with E-state index in [0.29, 0.717) is 24.4 Å². The van der Waals surface area contributed by atoms with Crippen LogP contribution >= 0.6 is 0 Å². The molecule has 130 valence electrons. The number of rotatable bonds is 9. The molecule has 0 atom stereocenters. The van der Waals surface area contributed by atoms with Crippen molar-refractivity contribution in [3.8, 4) is 5.75 Å². The normalized spacial score (nSPS) is 10.5. The van der Waals surface area contributed by atoms with Crippen LogP contribution < -0.4 is 15.5 Å². The summed E-state index contributed by atoms with van der Waals surface area (Å²) in [5.41, 5.74) is 1.14. The summed E-state index contributed by atoms with van der Waals surface area (Å²) >= 11 is 0. The second-order valence-corrected chi connectivity index (χ2v) is 5.33. The molecule has 7 nitrogen and oxygen atoms in total. The van der Waals surface area contributed by atoms with E-state index in [4.69, 9.17) is 0 Å². The molecule has 0 amide bonds. The van der Waals surface area contributed by atoms with Gasteiger partial charge in [0.1, 0.15) is 5.75 Å². The molecule has 0 aliphatic heterocycles. The fourth-order valence-corrected chi connectivity index (χ4v) is 2.31. The van der Waals surface area contributed by atoms with Crippen molar-refractivity contribution in [1.82, 2.24) is 15.0 Å². The van der Waals surface area contributed by atoms with E-state index in [0.717, 1.165) is 31.6 Å². The van der Waals surface area contributed by atoms with Gasteiger partial charge in [0.05, 0.1) is 0 Å². The van der Waals surface area contributed by atoms with Gasteiger partial charge in [0.25, 0.3) is 0 Å². The summed E-state index contributed by atoms with van der Waals surface area (Å²) in [6.45, 7) is 9.33. The first-order valence-corrected chi connectivity index (χ1v) is 8.42. The molecule has 0 bridgehead atoms. The minimum Gasteiger partial charge on any atom is -0.508 e. The molecule has 0 aliphatic rings. The van der Waals surface area contributed by atoms with Gasteiger partial charge in [-0.05, 0) is 44.9 Å². The molecule has 0 radical (unpaired) electrons. The zero-order chi connectivity index (χ0) is 17.4. The molecule has 1 heterocycles. The second kappa shape index (κ2) is 8.90. The third kappa shape index (κ3) is 4.97. The lowest BCUT2D eigenvalue weighted by Gasteiger charge is -2.19. The summed E-state index contributed by atoms with van der Waals surface area (Å²) < 4.78 is 0. The Labute approximate surface area is 143 Å². The number of nitrogens with one attached hydrogen (secondary N) is 2. The smallest absolute Gasteiger partial charge is 0.231 e. The van der Waals surface area contributed by atoms with Gasteiger partial charge in [-0.15, -0.1) is 0 Å². The van der Waals surface area contributed by atoms with Crippen LogP contribution in [0.5, 0.6) is 5.75 Å². The number of aromatic hydroxyl groups is 1. The van der Waals surface area contributed by atoms with E-state index in [1.807, 2.05) is 19.1 Å². The fraction of sp³-hybridized carbons (Fsp3) is 0.471. The number of benzene rings is 1. The van der Waals surface area contributed by atoms with Gasteiger partial charge in [0.2, 0.25) is 17.8 Å². The first-order valence-electron chi connectivity index (χ1n) is 8.42. The van der Waals surface area contributed by atoms with E-state index in [-0.39, 0.29) is 5.75 Å². The molecule has 1 aromatic carbocycles. The van der Waals surface area contributed by atoms with Crippen molar-refractivity contribution < 1.29 is 5.11 Å². The molecule has 0 aliphatic carbocycles. The lowest BCUT2D eigenvalue weighted by atomic mass is 10.1. The Morgan fingerprint density at radius 3 is 2.12 bits per heavy atom. The van der Waals surface area contributed by atoms with Crippen LogP contribution in [0.15, 0.2) is 24.3 Å². The van der Waals surface area contributed by atoms with Gasteiger partial charge in [0, 0.05) is 26.2 Å². The number of hydrogen-bond acceptors (Lipinski definition) is 7. The molecular formula is C17H26N6O. The van der Waals surface area contributed by atoms with Crippen LogP contribution in [-0.2, 0) is 6.42 Å². The largest absolute Gasteiger partial charge is 0.508 e. The number of nitrogens with zero attached hydrogens (tertiary/aromatic N) is 4. The van der Waals surface area contributed by atoms with Crippen LogP contribution in [0.3, 0.4) is 0 Å². The SMILES string of the molecule is CCNc1nc(NCCc2ccc(O)cc2)nc(N(CC)CC)n1. The molecule has 2 aromatic rings. The second-order valence-electron chi connectivity index (χ2n) is 5.33. The van der Waals surface area contributed by atoms with Crippen LogP contribution in [0.25, 0.3) is 0 Å². The number of phenolic OH excluding ortho intramolecular Hbond substituents is 1. The maximum absolute atomic E-state index is 9.32.